The van der Waals surface area contributed by atoms with E-state index in [2.05, 4.69) is 55.3 Å². The van der Waals surface area contributed by atoms with E-state index in [0.29, 0.717) is 12.1 Å². The molecule has 2 unspecified atom stereocenters. The van der Waals surface area contributed by atoms with Gasteiger partial charge >= 0.3 is 0 Å². The van der Waals surface area contributed by atoms with Crippen molar-refractivity contribution in [3.63, 3.8) is 0 Å². The molecule has 0 fully saturated rings. The van der Waals surface area contributed by atoms with E-state index in [9.17, 15) is 0 Å². The first-order chi connectivity index (χ1) is 10.2. The summed E-state index contributed by atoms with van der Waals surface area (Å²) in [5, 5.41) is 3.45. The second-order valence-electron chi connectivity index (χ2n) is 5.72. The Kier molecular flexibility index (Phi) is 8.58. The molecule has 0 amide bonds. The van der Waals surface area contributed by atoms with Gasteiger partial charge in [-0.25, -0.2) is 0 Å². The first-order valence-electron chi connectivity index (χ1n) is 8.15. The number of nitrogens with one attached hydrogen (secondary N) is 1. The molecule has 1 aromatic carbocycles. The normalized spacial score (nSPS) is 14.4. The number of hydrogen-bond acceptors (Lipinski definition) is 3. The van der Waals surface area contributed by atoms with E-state index in [-0.39, 0.29) is 0 Å². The molecule has 1 aromatic rings. The number of ether oxygens (including phenoxy) is 1. The fourth-order valence-electron chi connectivity index (χ4n) is 2.77. The molecule has 0 aliphatic heterocycles. The summed E-state index contributed by atoms with van der Waals surface area (Å²) in [5.74, 6) is 0. The van der Waals surface area contributed by atoms with Gasteiger partial charge in [-0.1, -0.05) is 44.5 Å². The third-order valence-corrected chi connectivity index (χ3v) is 4.12. The predicted molar refractivity (Wildman–Crippen MR) is 90.8 cm³/mol. The Morgan fingerprint density at radius 3 is 2.33 bits per heavy atom. The SMILES string of the molecule is CCCc1ccc(C(CN(CC)C(C)COC)NC)cc1. The van der Waals surface area contributed by atoms with Gasteiger partial charge in [-0.05, 0) is 38.1 Å². The van der Waals surface area contributed by atoms with E-state index in [1.807, 2.05) is 7.05 Å². The second kappa shape index (κ2) is 9.93. The number of likely N-dealkylation sites (N-methyl/N-ethyl adjacent to an activating group) is 2. The summed E-state index contributed by atoms with van der Waals surface area (Å²) in [6.45, 7) is 9.48. The lowest BCUT2D eigenvalue weighted by atomic mass is 10.0. The van der Waals surface area contributed by atoms with Gasteiger partial charge in [-0.2, -0.15) is 0 Å². The Morgan fingerprint density at radius 1 is 1.19 bits per heavy atom. The predicted octanol–water partition coefficient (Wildman–Crippen LogP) is 3.26. The zero-order chi connectivity index (χ0) is 15.7. The summed E-state index contributed by atoms with van der Waals surface area (Å²) >= 11 is 0. The maximum atomic E-state index is 5.29. The average molecular weight is 292 g/mol. The van der Waals surface area contributed by atoms with Crippen LogP contribution >= 0.6 is 0 Å². The quantitative estimate of drug-likeness (QED) is 0.716. The van der Waals surface area contributed by atoms with Crippen LogP contribution in [0.3, 0.4) is 0 Å². The van der Waals surface area contributed by atoms with Crippen molar-refractivity contribution in [3.8, 4) is 0 Å². The maximum Gasteiger partial charge on any atom is 0.0615 e. The Balaban J connectivity index is 2.72. The number of rotatable bonds is 10. The summed E-state index contributed by atoms with van der Waals surface area (Å²) in [5.41, 5.74) is 2.79. The molecule has 0 heterocycles. The molecule has 0 bridgehead atoms. The molecule has 0 aromatic heterocycles. The number of nitrogens with zero attached hydrogens (tertiary/aromatic N) is 1. The summed E-state index contributed by atoms with van der Waals surface area (Å²) in [4.78, 5) is 2.46. The van der Waals surface area contributed by atoms with Crippen LogP contribution in [-0.4, -0.2) is 44.8 Å². The second-order valence-corrected chi connectivity index (χ2v) is 5.72. The van der Waals surface area contributed by atoms with Crippen molar-refractivity contribution in [1.82, 2.24) is 10.2 Å². The van der Waals surface area contributed by atoms with Crippen molar-refractivity contribution in [2.75, 3.05) is 33.9 Å². The average Bonchev–Trinajstić information content (AvgIpc) is 2.50. The van der Waals surface area contributed by atoms with Gasteiger partial charge in [0.25, 0.3) is 0 Å². The lowest BCUT2D eigenvalue weighted by Gasteiger charge is -2.31. The van der Waals surface area contributed by atoms with Crippen molar-refractivity contribution < 1.29 is 4.74 Å². The van der Waals surface area contributed by atoms with E-state index in [1.54, 1.807) is 7.11 Å². The number of hydrogen-bond donors (Lipinski definition) is 1. The highest BCUT2D eigenvalue weighted by Crippen LogP contribution is 2.17. The molecule has 0 spiro atoms. The fraction of sp³-hybridized carbons (Fsp3) is 0.667. The number of methoxy groups -OCH3 is 1. The van der Waals surface area contributed by atoms with Crippen LogP contribution in [0, 0.1) is 0 Å². The minimum absolute atomic E-state index is 0.361. The maximum absolute atomic E-state index is 5.29. The third-order valence-electron chi connectivity index (χ3n) is 4.12. The molecule has 120 valence electrons. The first kappa shape index (κ1) is 18.1. The molecule has 0 saturated heterocycles. The zero-order valence-corrected chi connectivity index (χ0v) is 14.4. The third kappa shape index (κ3) is 5.77. The monoisotopic (exact) mass is 292 g/mol. The van der Waals surface area contributed by atoms with Crippen molar-refractivity contribution in [1.29, 1.82) is 0 Å². The Labute approximate surface area is 130 Å². The van der Waals surface area contributed by atoms with Gasteiger partial charge in [-0.3, -0.25) is 4.90 Å². The van der Waals surface area contributed by atoms with E-state index >= 15 is 0 Å². The van der Waals surface area contributed by atoms with Gasteiger partial charge in [0.05, 0.1) is 6.61 Å². The Hall–Kier alpha value is -0.900. The van der Waals surface area contributed by atoms with Crippen LogP contribution in [0.25, 0.3) is 0 Å². The summed E-state index contributed by atoms with van der Waals surface area (Å²) in [7, 11) is 3.81. The van der Waals surface area contributed by atoms with E-state index in [0.717, 1.165) is 26.1 Å². The van der Waals surface area contributed by atoms with Gasteiger partial charge in [0, 0.05) is 25.7 Å². The molecule has 1 rings (SSSR count). The molecule has 0 radical (unpaired) electrons. The molecule has 3 heteroatoms. The van der Waals surface area contributed by atoms with Crippen molar-refractivity contribution in [2.24, 2.45) is 0 Å². The fourth-order valence-corrected chi connectivity index (χ4v) is 2.77. The molecular weight excluding hydrogens is 260 g/mol. The van der Waals surface area contributed by atoms with Crippen molar-refractivity contribution in [2.45, 2.75) is 45.7 Å². The first-order valence-corrected chi connectivity index (χ1v) is 8.15. The van der Waals surface area contributed by atoms with Crippen LogP contribution in [0.4, 0.5) is 0 Å². The Morgan fingerprint density at radius 2 is 1.86 bits per heavy atom. The van der Waals surface area contributed by atoms with E-state index in [1.165, 1.54) is 17.5 Å². The van der Waals surface area contributed by atoms with Crippen LogP contribution < -0.4 is 5.32 Å². The van der Waals surface area contributed by atoms with Gasteiger partial charge < -0.3 is 10.1 Å². The number of aryl methyl sites for hydroxylation is 1. The van der Waals surface area contributed by atoms with E-state index < -0.39 is 0 Å². The number of benzene rings is 1. The van der Waals surface area contributed by atoms with Gasteiger partial charge in [0.15, 0.2) is 0 Å². The van der Waals surface area contributed by atoms with Gasteiger partial charge in [-0.15, -0.1) is 0 Å². The minimum atomic E-state index is 0.361. The van der Waals surface area contributed by atoms with Gasteiger partial charge in [0.2, 0.25) is 0 Å². The minimum Gasteiger partial charge on any atom is -0.383 e. The zero-order valence-electron chi connectivity index (χ0n) is 14.4. The smallest absolute Gasteiger partial charge is 0.0615 e. The molecular formula is C18H32N2O. The van der Waals surface area contributed by atoms with Crippen molar-refractivity contribution >= 4 is 0 Å². The largest absolute Gasteiger partial charge is 0.383 e. The summed E-state index contributed by atoms with van der Waals surface area (Å²) < 4.78 is 5.29. The van der Waals surface area contributed by atoms with Crippen LogP contribution in [0.1, 0.15) is 44.4 Å². The van der Waals surface area contributed by atoms with Gasteiger partial charge in [0.1, 0.15) is 0 Å². The summed E-state index contributed by atoms with van der Waals surface area (Å²) in [6.07, 6.45) is 2.36. The molecule has 1 N–H and O–H groups in total. The van der Waals surface area contributed by atoms with E-state index in [4.69, 9.17) is 4.74 Å². The topological polar surface area (TPSA) is 24.5 Å². The van der Waals surface area contributed by atoms with Crippen LogP contribution in [0.5, 0.6) is 0 Å². The molecule has 0 aliphatic rings. The molecule has 0 aliphatic carbocycles. The highest BCUT2D eigenvalue weighted by molar-refractivity contribution is 5.25. The summed E-state index contributed by atoms with van der Waals surface area (Å²) in [6, 6.07) is 9.85. The molecule has 2 atom stereocenters. The molecule has 0 saturated carbocycles. The van der Waals surface area contributed by atoms with Crippen LogP contribution in [0.2, 0.25) is 0 Å². The van der Waals surface area contributed by atoms with Crippen molar-refractivity contribution in [3.05, 3.63) is 35.4 Å². The highest BCUT2D eigenvalue weighted by atomic mass is 16.5. The Bertz CT molecular complexity index is 377. The van der Waals surface area contributed by atoms with Crippen LogP contribution in [0.15, 0.2) is 24.3 Å². The highest BCUT2D eigenvalue weighted by Gasteiger charge is 2.17. The molecule has 3 nitrogen and oxygen atoms in total. The van der Waals surface area contributed by atoms with Crippen LogP contribution in [-0.2, 0) is 11.2 Å². The lowest BCUT2D eigenvalue weighted by Crippen LogP contribution is -2.41. The molecule has 21 heavy (non-hydrogen) atoms. The standard InChI is InChI=1S/C18H32N2O/c1-6-8-16-9-11-17(12-10-16)18(19-4)13-20(7-2)15(3)14-21-5/h9-12,15,18-19H,6-8,13-14H2,1-5H3. The lowest BCUT2D eigenvalue weighted by molar-refractivity contribution is 0.0963.